The van der Waals surface area contributed by atoms with Crippen LogP contribution in [0.3, 0.4) is 0 Å². The molecule has 0 amide bonds. The lowest BCUT2D eigenvalue weighted by Crippen LogP contribution is -2.42. The van der Waals surface area contributed by atoms with Crippen molar-refractivity contribution in [1.29, 1.82) is 0 Å². The highest BCUT2D eigenvalue weighted by Crippen LogP contribution is 2.20. The van der Waals surface area contributed by atoms with E-state index in [0.717, 1.165) is 13.0 Å². The van der Waals surface area contributed by atoms with Crippen molar-refractivity contribution in [2.24, 2.45) is 5.92 Å². The number of ether oxygens (including phenoxy) is 1. The standard InChI is InChI=1S/C9H17NO3/c1-10-4-3-7(8(11)6-10)5-9(12)13-2/h7-8,11H,3-6H2,1-2H3/t7-,8-/m1/s1. The van der Waals surface area contributed by atoms with E-state index in [9.17, 15) is 9.90 Å². The van der Waals surface area contributed by atoms with Crippen LogP contribution in [0.4, 0.5) is 0 Å². The first-order valence-electron chi connectivity index (χ1n) is 4.57. The Bertz CT molecular complexity index is 184. The molecule has 0 saturated carbocycles. The number of carbonyl (C=O) groups is 1. The molecule has 0 aromatic rings. The summed E-state index contributed by atoms with van der Waals surface area (Å²) in [6, 6.07) is 0. The number of β-amino-alcohol motifs (C(OH)–C–C–N with tert-alkyl or cyclic N) is 1. The van der Waals surface area contributed by atoms with Gasteiger partial charge in [-0.2, -0.15) is 0 Å². The molecule has 2 atom stereocenters. The van der Waals surface area contributed by atoms with Crippen molar-refractivity contribution in [1.82, 2.24) is 4.90 Å². The fraction of sp³-hybridized carbons (Fsp3) is 0.889. The van der Waals surface area contributed by atoms with E-state index >= 15 is 0 Å². The highest BCUT2D eigenvalue weighted by atomic mass is 16.5. The fourth-order valence-electron chi connectivity index (χ4n) is 1.67. The van der Waals surface area contributed by atoms with Crippen LogP contribution < -0.4 is 0 Å². The van der Waals surface area contributed by atoms with E-state index in [2.05, 4.69) is 9.64 Å². The zero-order valence-electron chi connectivity index (χ0n) is 8.19. The average Bonchev–Trinajstić information content (AvgIpc) is 2.09. The van der Waals surface area contributed by atoms with Crippen LogP contribution in [-0.4, -0.2) is 49.3 Å². The van der Waals surface area contributed by atoms with Gasteiger partial charge in [-0.15, -0.1) is 0 Å². The topological polar surface area (TPSA) is 49.8 Å². The van der Waals surface area contributed by atoms with Crippen molar-refractivity contribution in [2.75, 3.05) is 27.2 Å². The minimum Gasteiger partial charge on any atom is -0.469 e. The van der Waals surface area contributed by atoms with Crippen LogP contribution in [0, 0.1) is 5.92 Å². The molecule has 1 rings (SSSR count). The molecule has 0 aliphatic carbocycles. The molecule has 1 heterocycles. The number of likely N-dealkylation sites (N-methyl/N-ethyl adjacent to an activating group) is 1. The summed E-state index contributed by atoms with van der Waals surface area (Å²) >= 11 is 0. The van der Waals surface area contributed by atoms with Gasteiger partial charge in [0.15, 0.2) is 0 Å². The fourth-order valence-corrected chi connectivity index (χ4v) is 1.67. The van der Waals surface area contributed by atoms with Gasteiger partial charge in [-0.3, -0.25) is 4.79 Å². The van der Waals surface area contributed by atoms with Crippen molar-refractivity contribution < 1.29 is 14.6 Å². The summed E-state index contributed by atoms with van der Waals surface area (Å²) in [5.41, 5.74) is 0. The number of carbonyl (C=O) groups excluding carboxylic acids is 1. The lowest BCUT2D eigenvalue weighted by Gasteiger charge is -2.32. The van der Waals surface area contributed by atoms with Gasteiger partial charge in [0, 0.05) is 6.54 Å². The second-order valence-corrected chi connectivity index (χ2v) is 3.66. The third-order valence-corrected chi connectivity index (χ3v) is 2.58. The van der Waals surface area contributed by atoms with Crippen LogP contribution in [0.25, 0.3) is 0 Å². The summed E-state index contributed by atoms with van der Waals surface area (Å²) in [5.74, 6) is -0.155. The first-order chi connectivity index (χ1) is 6.13. The summed E-state index contributed by atoms with van der Waals surface area (Å²) in [6.07, 6.45) is 0.816. The van der Waals surface area contributed by atoms with E-state index in [1.165, 1.54) is 7.11 Å². The van der Waals surface area contributed by atoms with Gasteiger partial charge in [-0.1, -0.05) is 0 Å². The Balaban J connectivity index is 2.38. The number of likely N-dealkylation sites (tertiary alicyclic amines) is 1. The monoisotopic (exact) mass is 187 g/mol. The predicted octanol–water partition coefficient (Wildman–Crippen LogP) is -0.138. The molecule has 1 saturated heterocycles. The molecule has 0 radical (unpaired) electrons. The molecule has 0 aromatic carbocycles. The Morgan fingerprint density at radius 3 is 2.92 bits per heavy atom. The molecule has 1 aliphatic rings. The van der Waals surface area contributed by atoms with Gasteiger partial charge in [0.2, 0.25) is 0 Å². The summed E-state index contributed by atoms with van der Waals surface area (Å²) in [5, 5.41) is 9.63. The number of methoxy groups -OCH3 is 1. The number of hydrogen-bond donors (Lipinski definition) is 1. The molecule has 0 aromatic heterocycles. The van der Waals surface area contributed by atoms with Crippen molar-refractivity contribution in [3.8, 4) is 0 Å². The molecule has 4 heteroatoms. The van der Waals surface area contributed by atoms with Crippen LogP contribution in [0.1, 0.15) is 12.8 Å². The number of aliphatic hydroxyl groups excluding tert-OH is 1. The number of piperidine rings is 1. The Hall–Kier alpha value is -0.610. The van der Waals surface area contributed by atoms with Gasteiger partial charge in [0.05, 0.1) is 19.6 Å². The average molecular weight is 187 g/mol. The maximum atomic E-state index is 11.0. The largest absolute Gasteiger partial charge is 0.469 e. The van der Waals surface area contributed by atoms with E-state index in [1.807, 2.05) is 7.05 Å². The number of esters is 1. The van der Waals surface area contributed by atoms with Crippen LogP contribution in [-0.2, 0) is 9.53 Å². The summed E-state index contributed by atoms with van der Waals surface area (Å²) in [4.78, 5) is 13.0. The Labute approximate surface area is 78.5 Å². The van der Waals surface area contributed by atoms with Crippen molar-refractivity contribution in [3.05, 3.63) is 0 Å². The number of rotatable bonds is 2. The van der Waals surface area contributed by atoms with Crippen LogP contribution in [0.2, 0.25) is 0 Å². The van der Waals surface area contributed by atoms with Gasteiger partial charge in [0.25, 0.3) is 0 Å². The molecule has 4 nitrogen and oxygen atoms in total. The molecular formula is C9H17NO3. The van der Waals surface area contributed by atoms with E-state index in [1.54, 1.807) is 0 Å². The molecule has 0 unspecified atom stereocenters. The van der Waals surface area contributed by atoms with Crippen LogP contribution in [0.5, 0.6) is 0 Å². The SMILES string of the molecule is COC(=O)C[C@H]1CCN(C)C[C@H]1O. The van der Waals surface area contributed by atoms with E-state index in [4.69, 9.17) is 0 Å². The van der Waals surface area contributed by atoms with Crippen molar-refractivity contribution in [3.63, 3.8) is 0 Å². The van der Waals surface area contributed by atoms with E-state index < -0.39 is 6.10 Å². The summed E-state index contributed by atoms with van der Waals surface area (Å²) in [7, 11) is 3.35. The normalized spacial score (nSPS) is 30.1. The van der Waals surface area contributed by atoms with Gasteiger partial charge in [-0.05, 0) is 25.9 Å². The molecule has 1 N–H and O–H groups in total. The maximum Gasteiger partial charge on any atom is 0.305 e. The van der Waals surface area contributed by atoms with Gasteiger partial charge in [-0.25, -0.2) is 0 Å². The molecule has 1 fully saturated rings. The second-order valence-electron chi connectivity index (χ2n) is 3.66. The zero-order valence-corrected chi connectivity index (χ0v) is 8.19. The number of aliphatic hydroxyl groups is 1. The second kappa shape index (κ2) is 4.58. The van der Waals surface area contributed by atoms with Crippen molar-refractivity contribution in [2.45, 2.75) is 18.9 Å². The molecule has 13 heavy (non-hydrogen) atoms. The predicted molar refractivity (Wildman–Crippen MR) is 48.2 cm³/mol. The lowest BCUT2D eigenvalue weighted by atomic mass is 9.91. The van der Waals surface area contributed by atoms with E-state index in [0.29, 0.717) is 13.0 Å². The van der Waals surface area contributed by atoms with E-state index in [-0.39, 0.29) is 11.9 Å². The molecule has 0 bridgehead atoms. The molecule has 1 aliphatic heterocycles. The van der Waals surface area contributed by atoms with Gasteiger partial charge in [0.1, 0.15) is 0 Å². The zero-order chi connectivity index (χ0) is 9.84. The quantitative estimate of drug-likeness (QED) is 0.611. The number of nitrogens with zero attached hydrogens (tertiary/aromatic N) is 1. The highest BCUT2D eigenvalue weighted by molar-refractivity contribution is 5.69. The Morgan fingerprint density at radius 2 is 2.38 bits per heavy atom. The van der Waals surface area contributed by atoms with Gasteiger partial charge >= 0.3 is 5.97 Å². The highest BCUT2D eigenvalue weighted by Gasteiger charge is 2.27. The molecular weight excluding hydrogens is 170 g/mol. The Morgan fingerprint density at radius 1 is 1.69 bits per heavy atom. The smallest absolute Gasteiger partial charge is 0.305 e. The van der Waals surface area contributed by atoms with Crippen LogP contribution >= 0.6 is 0 Å². The minimum absolute atomic E-state index is 0.0728. The summed E-state index contributed by atoms with van der Waals surface area (Å²) in [6.45, 7) is 1.60. The third kappa shape index (κ3) is 2.97. The van der Waals surface area contributed by atoms with Crippen molar-refractivity contribution >= 4 is 5.97 Å². The Kier molecular flexibility index (Phi) is 3.69. The van der Waals surface area contributed by atoms with Crippen LogP contribution in [0.15, 0.2) is 0 Å². The molecule has 0 spiro atoms. The van der Waals surface area contributed by atoms with Gasteiger partial charge < -0.3 is 14.7 Å². The third-order valence-electron chi connectivity index (χ3n) is 2.58. The first-order valence-corrected chi connectivity index (χ1v) is 4.57. The first kappa shape index (κ1) is 10.5. The minimum atomic E-state index is -0.391. The summed E-state index contributed by atoms with van der Waals surface area (Å²) < 4.78 is 4.56. The lowest BCUT2D eigenvalue weighted by molar-refractivity contribution is -0.143. The maximum absolute atomic E-state index is 11.0. The molecule has 76 valence electrons. The number of hydrogen-bond acceptors (Lipinski definition) is 4.